The minimum absolute atomic E-state index is 0.0809. The van der Waals surface area contributed by atoms with Gasteiger partial charge in [0.15, 0.2) is 0 Å². The van der Waals surface area contributed by atoms with E-state index in [4.69, 9.17) is 0 Å². The maximum atomic E-state index is 11.6. The lowest BCUT2D eigenvalue weighted by molar-refractivity contribution is -0.122. The Morgan fingerprint density at radius 2 is 2.16 bits per heavy atom. The van der Waals surface area contributed by atoms with E-state index in [0.29, 0.717) is 12.8 Å². The van der Waals surface area contributed by atoms with Gasteiger partial charge in [0.1, 0.15) is 5.82 Å². The second-order valence-corrected chi connectivity index (χ2v) is 5.29. The van der Waals surface area contributed by atoms with Crippen LogP contribution in [-0.2, 0) is 11.2 Å². The standard InChI is InChI=1S/C14H19N3O2/c1-14(2,19)9-15-13(18)8-7-12-16-10-5-3-4-6-11(10)17-12/h3-6,19H,7-9H2,1-2H3,(H,15,18)(H,16,17). The number of rotatable bonds is 5. The molecule has 0 unspecified atom stereocenters. The molecule has 0 bridgehead atoms. The van der Waals surface area contributed by atoms with Crippen LogP contribution in [0, 0.1) is 0 Å². The van der Waals surface area contributed by atoms with Crippen molar-refractivity contribution < 1.29 is 9.90 Å². The Hall–Kier alpha value is -1.88. The number of amides is 1. The molecule has 19 heavy (non-hydrogen) atoms. The first-order valence-corrected chi connectivity index (χ1v) is 6.37. The van der Waals surface area contributed by atoms with Crippen molar-refractivity contribution in [2.24, 2.45) is 0 Å². The van der Waals surface area contributed by atoms with E-state index in [-0.39, 0.29) is 12.5 Å². The van der Waals surface area contributed by atoms with E-state index in [1.165, 1.54) is 0 Å². The van der Waals surface area contributed by atoms with Crippen molar-refractivity contribution in [3.8, 4) is 0 Å². The van der Waals surface area contributed by atoms with E-state index in [2.05, 4.69) is 15.3 Å². The number of aliphatic hydroxyl groups is 1. The summed E-state index contributed by atoms with van der Waals surface area (Å²) in [5, 5.41) is 12.2. The van der Waals surface area contributed by atoms with E-state index in [0.717, 1.165) is 16.9 Å². The first-order valence-electron chi connectivity index (χ1n) is 6.37. The summed E-state index contributed by atoms with van der Waals surface area (Å²) in [4.78, 5) is 19.2. The van der Waals surface area contributed by atoms with Gasteiger partial charge in [-0.15, -0.1) is 0 Å². The molecule has 5 nitrogen and oxygen atoms in total. The van der Waals surface area contributed by atoms with Crippen molar-refractivity contribution in [2.75, 3.05) is 6.54 Å². The van der Waals surface area contributed by atoms with Crippen LogP contribution in [0.2, 0.25) is 0 Å². The van der Waals surface area contributed by atoms with E-state index in [1.807, 2.05) is 24.3 Å². The molecule has 0 saturated carbocycles. The van der Waals surface area contributed by atoms with E-state index in [1.54, 1.807) is 13.8 Å². The van der Waals surface area contributed by atoms with Crippen LogP contribution in [0.5, 0.6) is 0 Å². The van der Waals surface area contributed by atoms with Gasteiger partial charge in [-0.05, 0) is 26.0 Å². The van der Waals surface area contributed by atoms with Gasteiger partial charge in [-0.1, -0.05) is 12.1 Å². The Bertz CT molecular complexity index is 536. The molecule has 3 N–H and O–H groups in total. The fourth-order valence-electron chi connectivity index (χ4n) is 1.76. The van der Waals surface area contributed by atoms with Gasteiger partial charge in [0.05, 0.1) is 16.6 Å². The number of H-pyrrole nitrogens is 1. The van der Waals surface area contributed by atoms with Crippen LogP contribution in [0.25, 0.3) is 11.0 Å². The van der Waals surface area contributed by atoms with Crippen LogP contribution < -0.4 is 5.32 Å². The number of hydrogen-bond donors (Lipinski definition) is 3. The topological polar surface area (TPSA) is 78.0 Å². The normalized spacial score (nSPS) is 11.7. The summed E-state index contributed by atoms with van der Waals surface area (Å²) in [7, 11) is 0. The number of carbonyl (C=O) groups is 1. The number of benzene rings is 1. The molecule has 0 aliphatic carbocycles. The van der Waals surface area contributed by atoms with Gasteiger partial charge in [-0.25, -0.2) is 4.98 Å². The van der Waals surface area contributed by atoms with Gasteiger partial charge in [-0.3, -0.25) is 4.79 Å². The van der Waals surface area contributed by atoms with Crippen molar-refractivity contribution in [3.63, 3.8) is 0 Å². The highest BCUT2D eigenvalue weighted by molar-refractivity contribution is 5.77. The second kappa shape index (κ2) is 5.40. The van der Waals surface area contributed by atoms with Crippen molar-refractivity contribution in [3.05, 3.63) is 30.1 Å². The molecule has 1 aromatic heterocycles. The monoisotopic (exact) mass is 261 g/mol. The maximum absolute atomic E-state index is 11.6. The van der Waals surface area contributed by atoms with Crippen LogP contribution in [0.15, 0.2) is 24.3 Å². The molecule has 5 heteroatoms. The van der Waals surface area contributed by atoms with Crippen molar-refractivity contribution >= 4 is 16.9 Å². The SMILES string of the molecule is CC(C)(O)CNC(=O)CCc1nc2ccccc2[nH]1. The number of hydrogen-bond acceptors (Lipinski definition) is 3. The Morgan fingerprint density at radius 1 is 1.42 bits per heavy atom. The Labute approximate surface area is 112 Å². The highest BCUT2D eigenvalue weighted by Crippen LogP contribution is 2.11. The zero-order valence-electron chi connectivity index (χ0n) is 11.2. The lowest BCUT2D eigenvalue weighted by Gasteiger charge is -2.17. The third-order valence-electron chi connectivity index (χ3n) is 2.75. The fraction of sp³-hybridized carbons (Fsp3) is 0.429. The van der Waals surface area contributed by atoms with Crippen LogP contribution in [0.3, 0.4) is 0 Å². The number of aromatic amines is 1. The molecular formula is C14H19N3O2. The zero-order valence-corrected chi connectivity index (χ0v) is 11.2. The molecule has 0 spiro atoms. The molecule has 1 heterocycles. The molecular weight excluding hydrogens is 242 g/mol. The van der Waals surface area contributed by atoms with Crippen LogP contribution in [0.4, 0.5) is 0 Å². The summed E-state index contributed by atoms with van der Waals surface area (Å²) < 4.78 is 0. The molecule has 0 aliphatic rings. The molecule has 1 aromatic carbocycles. The average Bonchev–Trinajstić information content (AvgIpc) is 2.75. The van der Waals surface area contributed by atoms with Gasteiger partial charge in [0.2, 0.25) is 5.91 Å². The fourth-order valence-corrected chi connectivity index (χ4v) is 1.76. The molecule has 0 saturated heterocycles. The summed E-state index contributed by atoms with van der Waals surface area (Å²) >= 11 is 0. The highest BCUT2D eigenvalue weighted by Gasteiger charge is 2.14. The zero-order chi connectivity index (χ0) is 13.9. The van der Waals surface area contributed by atoms with E-state index < -0.39 is 5.60 Å². The predicted octanol–water partition coefficient (Wildman–Crippen LogP) is 1.38. The number of para-hydroxylation sites is 2. The molecule has 2 aromatic rings. The minimum atomic E-state index is -0.880. The smallest absolute Gasteiger partial charge is 0.220 e. The minimum Gasteiger partial charge on any atom is -0.389 e. The van der Waals surface area contributed by atoms with Crippen molar-refractivity contribution in [1.29, 1.82) is 0 Å². The summed E-state index contributed by atoms with van der Waals surface area (Å²) in [6.45, 7) is 3.57. The lowest BCUT2D eigenvalue weighted by atomic mass is 10.1. The first-order chi connectivity index (χ1) is 8.94. The first kappa shape index (κ1) is 13.5. The number of nitrogens with one attached hydrogen (secondary N) is 2. The highest BCUT2D eigenvalue weighted by atomic mass is 16.3. The average molecular weight is 261 g/mol. The van der Waals surface area contributed by atoms with Crippen LogP contribution >= 0.6 is 0 Å². The third-order valence-corrected chi connectivity index (χ3v) is 2.75. The van der Waals surface area contributed by atoms with E-state index in [9.17, 15) is 9.90 Å². The molecule has 0 radical (unpaired) electrons. The molecule has 0 aliphatic heterocycles. The number of imidazole rings is 1. The summed E-state index contributed by atoms with van der Waals surface area (Å²) in [6, 6.07) is 7.77. The summed E-state index contributed by atoms with van der Waals surface area (Å²) in [6.07, 6.45) is 0.919. The number of nitrogens with zero attached hydrogens (tertiary/aromatic N) is 1. The quantitative estimate of drug-likeness (QED) is 0.761. The Morgan fingerprint density at radius 3 is 2.84 bits per heavy atom. The van der Waals surface area contributed by atoms with Gasteiger partial charge in [0.25, 0.3) is 0 Å². The molecule has 1 amide bonds. The number of fused-ring (bicyclic) bond motifs is 1. The van der Waals surface area contributed by atoms with Crippen LogP contribution in [-0.4, -0.2) is 33.1 Å². The van der Waals surface area contributed by atoms with Gasteiger partial charge < -0.3 is 15.4 Å². The number of carbonyl (C=O) groups excluding carboxylic acids is 1. The van der Waals surface area contributed by atoms with Crippen molar-refractivity contribution in [2.45, 2.75) is 32.3 Å². The summed E-state index contributed by atoms with van der Waals surface area (Å²) in [5.74, 6) is 0.724. The lowest BCUT2D eigenvalue weighted by Crippen LogP contribution is -2.38. The number of aryl methyl sites for hydroxylation is 1. The summed E-state index contributed by atoms with van der Waals surface area (Å²) in [5.41, 5.74) is 1.01. The van der Waals surface area contributed by atoms with Gasteiger partial charge >= 0.3 is 0 Å². The second-order valence-electron chi connectivity index (χ2n) is 5.29. The molecule has 0 fully saturated rings. The third kappa shape index (κ3) is 4.06. The maximum Gasteiger partial charge on any atom is 0.220 e. The van der Waals surface area contributed by atoms with Gasteiger partial charge in [0, 0.05) is 19.4 Å². The predicted molar refractivity (Wildman–Crippen MR) is 73.7 cm³/mol. The van der Waals surface area contributed by atoms with E-state index >= 15 is 0 Å². The molecule has 2 rings (SSSR count). The molecule has 102 valence electrons. The van der Waals surface area contributed by atoms with Gasteiger partial charge in [-0.2, -0.15) is 0 Å². The Balaban J connectivity index is 1.86. The van der Waals surface area contributed by atoms with Crippen LogP contribution in [0.1, 0.15) is 26.1 Å². The molecule has 0 atom stereocenters. The van der Waals surface area contributed by atoms with Crippen molar-refractivity contribution in [1.82, 2.24) is 15.3 Å². The largest absolute Gasteiger partial charge is 0.389 e. The number of aromatic nitrogens is 2. The Kier molecular flexibility index (Phi) is 3.85.